The number of unbranched alkanes of at least 4 members (excludes halogenated alkanes) is 1. The van der Waals surface area contributed by atoms with Crippen LogP contribution in [0.15, 0.2) is 0 Å². The fourth-order valence-corrected chi connectivity index (χ4v) is 1.12. The van der Waals surface area contributed by atoms with E-state index in [4.69, 9.17) is 5.73 Å². The summed E-state index contributed by atoms with van der Waals surface area (Å²) >= 11 is 0. The normalized spacial score (nSPS) is 12.5. The summed E-state index contributed by atoms with van der Waals surface area (Å²) in [5.74, 6) is -0.668. The Labute approximate surface area is 82.4 Å². The minimum absolute atomic E-state index is 0.315. The molecule has 1 atom stereocenters. The minimum Gasteiger partial charge on any atom is -0.368 e. The quantitative estimate of drug-likeness (QED) is 0.321. The van der Waals surface area contributed by atoms with Crippen LogP contribution in [0.5, 0.6) is 0 Å². The van der Waals surface area contributed by atoms with E-state index in [9.17, 15) is 14.1 Å². The molecule has 2 amide bonds. The molecule has 5 nitrogen and oxygen atoms in total. The number of hydrogen-bond donors (Lipinski definition) is 2. The molecular formula is C8H16FN3O2. The summed E-state index contributed by atoms with van der Waals surface area (Å²) in [4.78, 5) is 20.6. The minimum atomic E-state index is -0.869. The van der Waals surface area contributed by atoms with Gasteiger partial charge in [0.25, 0.3) is 0 Å². The first kappa shape index (κ1) is 12.8. The van der Waals surface area contributed by atoms with Gasteiger partial charge in [-0.2, -0.15) is 0 Å². The molecule has 0 aliphatic carbocycles. The molecule has 0 aromatic rings. The molecule has 0 saturated heterocycles. The number of carbonyl (C=O) groups excluding carboxylic acids is 2. The highest BCUT2D eigenvalue weighted by Crippen LogP contribution is 2.06. The van der Waals surface area contributed by atoms with Gasteiger partial charge in [0.05, 0.1) is 0 Å². The van der Waals surface area contributed by atoms with E-state index in [0.29, 0.717) is 37.3 Å². The zero-order chi connectivity index (χ0) is 11.0. The largest absolute Gasteiger partial charge is 0.368 e. The van der Waals surface area contributed by atoms with Crippen LogP contribution in [0.25, 0.3) is 0 Å². The highest BCUT2D eigenvalue weighted by atomic mass is 19.2. The topological polar surface area (TPSA) is 75.4 Å². The molecule has 0 aliphatic heterocycles. The molecule has 0 rings (SSSR count). The molecule has 0 bridgehead atoms. The molecule has 3 N–H and O–H groups in total. The number of hydrogen-bond acceptors (Lipinski definition) is 3. The molecule has 14 heavy (non-hydrogen) atoms. The van der Waals surface area contributed by atoms with Crippen molar-refractivity contribution in [2.24, 2.45) is 5.73 Å². The van der Waals surface area contributed by atoms with E-state index in [1.54, 1.807) is 0 Å². The van der Waals surface area contributed by atoms with Crippen LogP contribution in [0.3, 0.4) is 0 Å². The third-order valence-electron chi connectivity index (χ3n) is 1.89. The van der Waals surface area contributed by atoms with Crippen molar-refractivity contribution in [3.63, 3.8) is 0 Å². The molecule has 0 fully saturated rings. The fraction of sp³-hybridized carbons (Fsp3) is 0.750. The molecule has 0 aromatic carbocycles. The van der Waals surface area contributed by atoms with Crippen molar-refractivity contribution in [3.8, 4) is 0 Å². The Balaban J connectivity index is 3.62. The summed E-state index contributed by atoms with van der Waals surface area (Å²) in [6, 6.07) is -0.869. The van der Waals surface area contributed by atoms with E-state index >= 15 is 0 Å². The maximum atomic E-state index is 12.7. The lowest BCUT2D eigenvalue weighted by atomic mass is 10.1. The number of amides is 2. The van der Waals surface area contributed by atoms with Crippen LogP contribution >= 0.6 is 0 Å². The molecule has 0 aliphatic rings. The number of carbonyl (C=O) groups is 2. The van der Waals surface area contributed by atoms with E-state index < -0.39 is 11.9 Å². The van der Waals surface area contributed by atoms with Gasteiger partial charge in [-0.1, -0.05) is 0 Å². The van der Waals surface area contributed by atoms with Crippen molar-refractivity contribution < 1.29 is 14.1 Å². The highest BCUT2D eigenvalue weighted by molar-refractivity contribution is 5.79. The van der Waals surface area contributed by atoms with Gasteiger partial charge in [0.2, 0.25) is 12.3 Å². The molecule has 0 spiro atoms. The van der Waals surface area contributed by atoms with Crippen molar-refractivity contribution in [2.75, 3.05) is 13.6 Å². The average Bonchev–Trinajstić information content (AvgIpc) is 2.09. The highest BCUT2D eigenvalue weighted by Gasteiger charge is 2.19. The third kappa shape index (κ3) is 5.47. The van der Waals surface area contributed by atoms with Crippen LogP contribution in [-0.4, -0.2) is 37.1 Å². The zero-order valence-electron chi connectivity index (χ0n) is 8.20. The van der Waals surface area contributed by atoms with Gasteiger partial charge < -0.3 is 11.1 Å². The second-order valence-electron chi connectivity index (χ2n) is 3.01. The SMILES string of the molecule is CN(F)C(CCCCNC=O)C(N)=O. The van der Waals surface area contributed by atoms with Crippen LogP contribution in [0.4, 0.5) is 4.48 Å². The number of likely N-dealkylation sites (N-methyl/N-ethyl adjacent to an activating group) is 1. The Hall–Kier alpha value is -1.17. The summed E-state index contributed by atoms with van der Waals surface area (Å²) in [6.07, 6.45) is 2.31. The zero-order valence-corrected chi connectivity index (χ0v) is 8.20. The van der Waals surface area contributed by atoms with Crippen molar-refractivity contribution in [3.05, 3.63) is 0 Å². The van der Waals surface area contributed by atoms with Crippen molar-refractivity contribution >= 4 is 12.3 Å². The van der Waals surface area contributed by atoms with Crippen molar-refractivity contribution in [2.45, 2.75) is 25.3 Å². The Kier molecular flexibility index (Phi) is 6.65. The second kappa shape index (κ2) is 7.25. The molecule has 6 heteroatoms. The number of rotatable bonds is 8. The summed E-state index contributed by atoms with van der Waals surface area (Å²) in [5.41, 5.74) is 4.99. The molecule has 0 aromatic heterocycles. The lowest BCUT2D eigenvalue weighted by Gasteiger charge is -2.16. The van der Waals surface area contributed by atoms with Gasteiger partial charge in [-0.25, -0.2) is 0 Å². The Morgan fingerprint density at radius 2 is 2.29 bits per heavy atom. The maximum absolute atomic E-state index is 12.7. The van der Waals surface area contributed by atoms with Gasteiger partial charge in [-0.15, -0.1) is 9.60 Å². The maximum Gasteiger partial charge on any atom is 0.237 e. The number of halogens is 1. The Bertz CT molecular complexity index is 187. The van der Waals surface area contributed by atoms with Gasteiger partial charge in [0.1, 0.15) is 6.04 Å². The number of nitrogens with two attached hydrogens (primary N) is 1. The monoisotopic (exact) mass is 205 g/mol. The van der Waals surface area contributed by atoms with Gasteiger partial charge in [0.15, 0.2) is 0 Å². The van der Waals surface area contributed by atoms with Crippen LogP contribution in [0.2, 0.25) is 0 Å². The van der Waals surface area contributed by atoms with Crippen LogP contribution < -0.4 is 11.1 Å². The van der Waals surface area contributed by atoms with E-state index in [1.807, 2.05) is 0 Å². The Morgan fingerprint density at radius 3 is 2.71 bits per heavy atom. The third-order valence-corrected chi connectivity index (χ3v) is 1.89. The molecule has 1 unspecified atom stereocenters. The lowest BCUT2D eigenvalue weighted by Crippen LogP contribution is -2.38. The van der Waals surface area contributed by atoms with Crippen molar-refractivity contribution in [1.82, 2.24) is 10.4 Å². The standard InChI is InChI=1S/C8H16FN3O2/c1-12(9)7(8(10)14)4-2-3-5-11-6-13/h6-7H,2-5H2,1H3,(H2,10,14)(H,11,13). The van der Waals surface area contributed by atoms with E-state index in [0.717, 1.165) is 0 Å². The van der Waals surface area contributed by atoms with E-state index in [2.05, 4.69) is 5.32 Å². The molecule has 0 saturated carbocycles. The number of nitrogens with one attached hydrogen (secondary N) is 1. The molecular weight excluding hydrogens is 189 g/mol. The first-order chi connectivity index (χ1) is 6.59. The lowest BCUT2D eigenvalue weighted by molar-refractivity contribution is -0.129. The van der Waals surface area contributed by atoms with Gasteiger partial charge >= 0.3 is 0 Å². The van der Waals surface area contributed by atoms with Gasteiger partial charge in [-0.05, 0) is 19.3 Å². The number of primary amides is 1. The predicted octanol–water partition coefficient (Wildman–Crippen LogP) is -0.427. The molecule has 0 heterocycles. The average molecular weight is 205 g/mol. The van der Waals surface area contributed by atoms with Crippen LogP contribution in [0, 0.1) is 0 Å². The fourth-order valence-electron chi connectivity index (χ4n) is 1.12. The smallest absolute Gasteiger partial charge is 0.237 e. The van der Waals surface area contributed by atoms with Crippen LogP contribution in [0.1, 0.15) is 19.3 Å². The van der Waals surface area contributed by atoms with Crippen molar-refractivity contribution in [1.29, 1.82) is 0 Å². The molecule has 0 radical (unpaired) electrons. The Morgan fingerprint density at radius 1 is 1.64 bits per heavy atom. The summed E-state index contributed by atoms with van der Waals surface area (Å²) in [5, 5.41) is 2.79. The predicted molar refractivity (Wildman–Crippen MR) is 49.8 cm³/mol. The first-order valence-electron chi connectivity index (χ1n) is 4.44. The second-order valence-corrected chi connectivity index (χ2v) is 3.01. The molecule has 82 valence electrons. The summed E-state index contributed by atoms with van der Waals surface area (Å²) in [6.45, 7) is 0.533. The number of nitrogens with zero attached hydrogens (tertiary/aromatic N) is 1. The summed E-state index contributed by atoms with van der Waals surface area (Å²) < 4.78 is 12.7. The van der Waals surface area contributed by atoms with Crippen LogP contribution in [-0.2, 0) is 9.59 Å². The van der Waals surface area contributed by atoms with Gasteiger partial charge in [-0.3, -0.25) is 9.59 Å². The van der Waals surface area contributed by atoms with E-state index in [1.165, 1.54) is 7.05 Å². The van der Waals surface area contributed by atoms with Gasteiger partial charge in [0, 0.05) is 13.6 Å². The first-order valence-corrected chi connectivity index (χ1v) is 4.44. The summed E-state index contributed by atoms with van der Waals surface area (Å²) in [7, 11) is 1.17. The van der Waals surface area contributed by atoms with E-state index in [-0.39, 0.29) is 0 Å².